The van der Waals surface area contributed by atoms with Crippen molar-refractivity contribution in [2.24, 2.45) is 0 Å². The third kappa shape index (κ3) is 3.81. The zero-order chi connectivity index (χ0) is 12.0. The van der Waals surface area contributed by atoms with Crippen molar-refractivity contribution < 1.29 is 0 Å². The summed E-state index contributed by atoms with van der Waals surface area (Å²) in [5.74, 6) is 0.926. The fourth-order valence-electron chi connectivity index (χ4n) is 1.71. The Kier molecular flexibility index (Phi) is 5.26. The second kappa shape index (κ2) is 6.48. The Balaban J connectivity index is 2.62. The van der Waals surface area contributed by atoms with E-state index in [1.165, 1.54) is 12.0 Å². The highest BCUT2D eigenvalue weighted by atomic mass is 15.1. The number of aromatic nitrogens is 1. The van der Waals surface area contributed by atoms with Crippen molar-refractivity contribution in [3.63, 3.8) is 0 Å². The smallest absolute Gasteiger partial charge is 0.125 e. The molecule has 1 aromatic heterocycles. The molecule has 1 N–H and O–H groups in total. The van der Waals surface area contributed by atoms with Crippen LogP contribution in [0.5, 0.6) is 0 Å². The first-order chi connectivity index (χ1) is 7.67. The van der Waals surface area contributed by atoms with E-state index in [1.54, 1.807) is 0 Å². The van der Waals surface area contributed by atoms with Crippen molar-refractivity contribution in [3.05, 3.63) is 23.9 Å². The quantitative estimate of drug-likeness (QED) is 0.800. The second-order valence-corrected chi connectivity index (χ2v) is 4.37. The molecular formula is C13H23N3. The summed E-state index contributed by atoms with van der Waals surface area (Å²) in [6.07, 6.45) is 3.15. The number of hydrogen-bond acceptors (Lipinski definition) is 3. The van der Waals surface area contributed by atoms with Crippen LogP contribution in [-0.4, -0.2) is 29.5 Å². The van der Waals surface area contributed by atoms with Crippen LogP contribution in [0.25, 0.3) is 0 Å². The van der Waals surface area contributed by atoms with Gasteiger partial charge < -0.3 is 5.32 Å². The molecule has 1 heterocycles. The van der Waals surface area contributed by atoms with E-state index in [2.05, 4.69) is 42.0 Å². The molecule has 0 bridgehead atoms. The van der Waals surface area contributed by atoms with Gasteiger partial charge in [-0.25, -0.2) is 4.98 Å². The van der Waals surface area contributed by atoms with Crippen molar-refractivity contribution >= 4 is 5.82 Å². The standard InChI is InChI=1S/C13H23N3/c1-5-8-16(11(2)3)10-12-6-7-13(14-4)15-9-12/h6-7,9,11H,5,8,10H2,1-4H3,(H,14,15). The number of hydrogen-bond donors (Lipinski definition) is 1. The average molecular weight is 221 g/mol. The first-order valence-electron chi connectivity index (χ1n) is 6.04. The lowest BCUT2D eigenvalue weighted by Gasteiger charge is -2.25. The molecule has 0 aromatic carbocycles. The molecule has 0 amide bonds. The van der Waals surface area contributed by atoms with Gasteiger partial charge in [-0.15, -0.1) is 0 Å². The Morgan fingerprint density at radius 2 is 2.12 bits per heavy atom. The van der Waals surface area contributed by atoms with E-state index in [-0.39, 0.29) is 0 Å². The normalized spacial score (nSPS) is 11.1. The predicted octanol–water partition coefficient (Wildman–Crippen LogP) is 2.74. The molecule has 0 saturated heterocycles. The van der Waals surface area contributed by atoms with Crippen LogP contribution in [0.15, 0.2) is 18.3 Å². The summed E-state index contributed by atoms with van der Waals surface area (Å²) in [6, 6.07) is 4.76. The summed E-state index contributed by atoms with van der Waals surface area (Å²) in [5.41, 5.74) is 1.28. The Hall–Kier alpha value is -1.09. The van der Waals surface area contributed by atoms with Crippen molar-refractivity contribution in [2.45, 2.75) is 39.8 Å². The van der Waals surface area contributed by atoms with Crippen molar-refractivity contribution in [1.29, 1.82) is 0 Å². The summed E-state index contributed by atoms with van der Waals surface area (Å²) >= 11 is 0. The van der Waals surface area contributed by atoms with Crippen LogP contribution in [0.1, 0.15) is 32.8 Å². The summed E-state index contributed by atoms with van der Waals surface area (Å²) in [6.45, 7) is 8.84. The van der Waals surface area contributed by atoms with Gasteiger partial charge in [0.05, 0.1) is 0 Å². The molecule has 0 radical (unpaired) electrons. The Morgan fingerprint density at radius 3 is 2.56 bits per heavy atom. The van der Waals surface area contributed by atoms with Crippen LogP contribution >= 0.6 is 0 Å². The molecule has 0 unspecified atom stereocenters. The third-order valence-corrected chi connectivity index (χ3v) is 2.71. The molecule has 0 aliphatic heterocycles. The van der Waals surface area contributed by atoms with Gasteiger partial charge in [0.15, 0.2) is 0 Å². The minimum Gasteiger partial charge on any atom is -0.373 e. The van der Waals surface area contributed by atoms with E-state index in [9.17, 15) is 0 Å². The highest BCUT2D eigenvalue weighted by molar-refractivity contribution is 5.34. The summed E-state index contributed by atoms with van der Waals surface area (Å²) in [7, 11) is 1.89. The van der Waals surface area contributed by atoms with Gasteiger partial charge in [0.25, 0.3) is 0 Å². The SMILES string of the molecule is CCCN(Cc1ccc(NC)nc1)C(C)C. The molecule has 0 atom stereocenters. The molecular weight excluding hydrogens is 198 g/mol. The van der Waals surface area contributed by atoms with Gasteiger partial charge in [0, 0.05) is 25.8 Å². The lowest BCUT2D eigenvalue weighted by molar-refractivity contribution is 0.213. The first-order valence-corrected chi connectivity index (χ1v) is 6.04. The van der Waals surface area contributed by atoms with E-state index in [1.807, 2.05) is 19.3 Å². The van der Waals surface area contributed by atoms with Crippen LogP contribution < -0.4 is 5.32 Å². The van der Waals surface area contributed by atoms with Gasteiger partial charge in [-0.05, 0) is 38.4 Å². The Morgan fingerprint density at radius 1 is 1.38 bits per heavy atom. The first kappa shape index (κ1) is 13.0. The molecule has 0 spiro atoms. The van der Waals surface area contributed by atoms with E-state index in [0.717, 1.165) is 18.9 Å². The maximum Gasteiger partial charge on any atom is 0.125 e. The van der Waals surface area contributed by atoms with Gasteiger partial charge in [-0.2, -0.15) is 0 Å². The monoisotopic (exact) mass is 221 g/mol. The van der Waals surface area contributed by atoms with E-state index < -0.39 is 0 Å². The molecule has 0 aliphatic rings. The number of anilines is 1. The predicted molar refractivity (Wildman–Crippen MR) is 69.6 cm³/mol. The zero-order valence-electron chi connectivity index (χ0n) is 10.8. The number of nitrogens with zero attached hydrogens (tertiary/aromatic N) is 2. The van der Waals surface area contributed by atoms with E-state index in [0.29, 0.717) is 6.04 Å². The fraction of sp³-hybridized carbons (Fsp3) is 0.615. The molecule has 0 aliphatic carbocycles. The van der Waals surface area contributed by atoms with Crippen LogP contribution in [-0.2, 0) is 6.54 Å². The van der Waals surface area contributed by atoms with Gasteiger partial charge in [0.1, 0.15) is 5.82 Å². The lowest BCUT2D eigenvalue weighted by Crippen LogP contribution is -2.31. The molecule has 1 rings (SSSR count). The summed E-state index contributed by atoms with van der Waals surface area (Å²) < 4.78 is 0. The molecule has 16 heavy (non-hydrogen) atoms. The van der Waals surface area contributed by atoms with Crippen molar-refractivity contribution in [3.8, 4) is 0 Å². The second-order valence-electron chi connectivity index (χ2n) is 4.37. The van der Waals surface area contributed by atoms with Crippen LogP contribution in [0, 0.1) is 0 Å². The molecule has 0 fully saturated rings. The van der Waals surface area contributed by atoms with Crippen LogP contribution in [0.4, 0.5) is 5.82 Å². The largest absolute Gasteiger partial charge is 0.373 e. The summed E-state index contributed by atoms with van der Waals surface area (Å²) in [4.78, 5) is 6.80. The van der Waals surface area contributed by atoms with Gasteiger partial charge in [-0.1, -0.05) is 13.0 Å². The number of nitrogens with one attached hydrogen (secondary N) is 1. The number of pyridine rings is 1. The molecule has 3 nitrogen and oxygen atoms in total. The average Bonchev–Trinajstić information content (AvgIpc) is 2.29. The third-order valence-electron chi connectivity index (χ3n) is 2.71. The van der Waals surface area contributed by atoms with Gasteiger partial charge in [-0.3, -0.25) is 4.90 Å². The minimum absolute atomic E-state index is 0.587. The highest BCUT2D eigenvalue weighted by Crippen LogP contribution is 2.10. The molecule has 1 aromatic rings. The Bertz CT molecular complexity index is 293. The summed E-state index contributed by atoms with van der Waals surface area (Å²) in [5, 5.41) is 3.03. The highest BCUT2D eigenvalue weighted by Gasteiger charge is 2.08. The van der Waals surface area contributed by atoms with Crippen LogP contribution in [0.3, 0.4) is 0 Å². The van der Waals surface area contributed by atoms with Gasteiger partial charge in [0.2, 0.25) is 0 Å². The maximum atomic E-state index is 4.33. The van der Waals surface area contributed by atoms with Crippen LogP contribution in [0.2, 0.25) is 0 Å². The van der Waals surface area contributed by atoms with Crippen molar-refractivity contribution in [2.75, 3.05) is 18.9 Å². The molecule has 3 heteroatoms. The van der Waals surface area contributed by atoms with Crippen molar-refractivity contribution in [1.82, 2.24) is 9.88 Å². The molecule has 0 saturated carbocycles. The molecule has 90 valence electrons. The van der Waals surface area contributed by atoms with E-state index >= 15 is 0 Å². The zero-order valence-corrected chi connectivity index (χ0v) is 10.8. The Labute approximate surface area is 98.9 Å². The number of rotatable bonds is 6. The van der Waals surface area contributed by atoms with E-state index in [4.69, 9.17) is 0 Å². The minimum atomic E-state index is 0.587. The fourth-order valence-corrected chi connectivity index (χ4v) is 1.71. The lowest BCUT2D eigenvalue weighted by atomic mass is 10.2. The topological polar surface area (TPSA) is 28.2 Å². The van der Waals surface area contributed by atoms with Gasteiger partial charge >= 0.3 is 0 Å². The maximum absolute atomic E-state index is 4.33.